The van der Waals surface area contributed by atoms with Gasteiger partial charge in [0, 0.05) is 19.1 Å². The Balaban J connectivity index is 1.93. The van der Waals surface area contributed by atoms with E-state index < -0.39 is 30.4 Å². The molecule has 0 aromatic rings. The van der Waals surface area contributed by atoms with Gasteiger partial charge in [0.05, 0.1) is 6.10 Å². The fourth-order valence-corrected chi connectivity index (χ4v) is 3.82. The molecular weight excluding hydrogens is 269 g/mol. The summed E-state index contributed by atoms with van der Waals surface area (Å²) in [6, 6.07) is 0. The third kappa shape index (κ3) is 3.30. The molecule has 0 aromatic heterocycles. The normalized spacial score (nSPS) is 46.4. The van der Waals surface area contributed by atoms with E-state index in [0.717, 1.165) is 0 Å². The fraction of sp³-hybridized carbons (Fsp3) is 1.00. The Morgan fingerprint density at radius 1 is 1.05 bits per heavy atom. The lowest BCUT2D eigenvalue weighted by molar-refractivity contribution is -0.0666. The molecule has 20 heavy (non-hydrogen) atoms. The van der Waals surface area contributed by atoms with Crippen molar-refractivity contribution >= 4 is 0 Å². The molecule has 2 rings (SSSR count). The van der Waals surface area contributed by atoms with Gasteiger partial charge in [-0.1, -0.05) is 0 Å². The zero-order chi connectivity index (χ0) is 14.7. The van der Waals surface area contributed by atoms with E-state index >= 15 is 0 Å². The molecule has 7 unspecified atom stereocenters. The Bertz CT molecular complexity index is 303. The molecule has 2 aliphatic carbocycles. The second-order valence-corrected chi connectivity index (χ2v) is 6.16. The van der Waals surface area contributed by atoms with E-state index in [0.29, 0.717) is 32.3 Å². The van der Waals surface area contributed by atoms with E-state index in [4.69, 9.17) is 9.84 Å². The maximum atomic E-state index is 14.2. The molecule has 2 aliphatic rings. The van der Waals surface area contributed by atoms with Crippen molar-refractivity contribution in [1.82, 2.24) is 0 Å². The molecule has 2 nitrogen and oxygen atoms in total. The van der Waals surface area contributed by atoms with Crippen LogP contribution in [0.4, 0.5) is 13.2 Å². The van der Waals surface area contributed by atoms with Crippen molar-refractivity contribution in [2.24, 2.45) is 17.8 Å². The van der Waals surface area contributed by atoms with Crippen LogP contribution in [0.15, 0.2) is 0 Å². The third-order valence-electron chi connectivity index (χ3n) is 5.01. The van der Waals surface area contributed by atoms with Crippen molar-refractivity contribution in [3.63, 3.8) is 0 Å². The second kappa shape index (κ2) is 7.12. The molecule has 0 aromatic carbocycles. The highest BCUT2D eigenvalue weighted by Gasteiger charge is 2.45. The molecule has 5 heteroatoms. The summed E-state index contributed by atoms with van der Waals surface area (Å²) in [4.78, 5) is 0. The van der Waals surface area contributed by atoms with Crippen LogP contribution in [-0.2, 0) is 4.74 Å². The molecule has 0 bridgehead atoms. The van der Waals surface area contributed by atoms with Crippen LogP contribution in [0.5, 0.6) is 0 Å². The van der Waals surface area contributed by atoms with Crippen molar-refractivity contribution < 1.29 is 23.0 Å². The summed E-state index contributed by atoms with van der Waals surface area (Å²) in [5, 5.41) is 9.03. The Morgan fingerprint density at radius 2 is 1.80 bits per heavy atom. The third-order valence-corrected chi connectivity index (χ3v) is 5.01. The van der Waals surface area contributed by atoms with Crippen LogP contribution in [0, 0.1) is 17.8 Å². The number of alkyl halides is 3. The quantitative estimate of drug-likeness (QED) is 0.862. The zero-order valence-corrected chi connectivity index (χ0v) is 12.0. The lowest BCUT2D eigenvalue weighted by Crippen LogP contribution is -2.45. The predicted molar refractivity (Wildman–Crippen MR) is 70.7 cm³/mol. The second-order valence-electron chi connectivity index (χ2n) is 6.16. The minimum Gasteiger partial charge on any atom is -0.396 e. The lowest BCUT2D eigenvalue weighted by atomic mass is 9.68. The van der Waals surface area contributed by atoms with E-state index in [1.807, 2.05) is 6.92 Å². The van der Waals surface area contributed by atoms with E-state index in [9.17, 15) is 13.2 Å². The van der Waals surface area contributed by atoms with E-state index in [-0.39, 0.29) is 25.0 Å². The van der Waals surface area contributed by atoms with Gasteiger partial charge in [-0.2, -0.15) is 0 Å². The first-order valence-electron chi connectivity index (χ1n) is 7.73. The highest BCUT2D eigenvalue weighted by Crippen LogP contribution is 2.43. The smallest absolute Gasteiger partial charge is 0.136 e. The summed E-state index contributed by atoms with van der Waals surface area (Å²) in [5.74, 6) is -1.11. The standard InChI is InChI=1S/C15H25F3O2/c1-2-20-13-6-4-9(7-12(13)16)11-5-3-10(8-19)14(17)15(11)18/h9-15,19H,2-8H2,1H3. The van der Waals surface area contributed by atoms with E-state index in [1.165, 1.54) is 0 Å². The van der Waals surface area contributed by atoms with Crippen LogP contribution in [0.1, 0.15) is 39.0 Å². The average Bonchev–Trinajstić information content (AvgIpc) is 2.44. The van der Waals surface area contributed by atoms with Gasteiger partial charge in [0.2, 0.25) is 0 Å². The maximum absolute atomic E-state index is 14.2. The summed E-state index contributed by atoms with van der Waals surface area (Å²) < 4.78 is 47.4. The van der Waals surface area contributed by atoms with Gasteiger partial charge < -0.3 is 9.84 Å². The van der Waals surface area contributed by atoms with Crippen molar-refractivity contribution in [2.45, 2.75) is 63.6 Å². The summed E-state index contributed by atoms with van der Waals surface area (Å²) in [6.45, 7) is 2.01. The van der Waals surface area contributed by atoms with Gasteiger partial charge in [-0.3, -0.25) is 0 Å². The number of halogens is 3. The predicted octanol–water partition coefficient (Wildman–Crippen LogP) is 3.22. The maximum Gasteiger partial charge on any atom is 0.136 e. The number of aliphatic hydroxyl groups is 1. The minimum absolute atomic E-state index is 0.102. The van der Waals surface area contributed by atoms with Crippen LogP contribution < -0.4 is 0 Å². The SMILES string of the molecule is CCOC1CCC(C2CCC(CO)C(F)C2F)CC1F. The fourth-order valence-electron chi connectivity index (χ4n) is 3.82. The topological polar surface area (TPSA) is 29.5 Å². The molecule has 2 saturated carbocycles. The molecule has 0 amide bonds. The van der Waals surface area contributed by atoms with Crippen LogP contribution in [0.25, 0.3) is 0 Å². The number of hydrogen-bond donors (Lipinski definition) is 1. The van der Waals surface area contributed by atoms with Crippen LogP contribution in [-0.4, -0.2) is 42.9 Å². The molecule has 7 atom stereocenters. The molecule has 1 N–H and O–H groups in total. The molecule has 0 spiro atoms. The first kappa shape index (κ1) is 16.1. The van der Waals surface area contributed by atoms with Crippen molar-refractivity contribution in [3.05, 3.63) is 0 Å². The minimum atomic E-state index is -1.61. The Labute approximate surface area is 118 Å². The molecule has 0 heterocycles. The largest absolute Gasteiger partial charge is 0.396 e. The van der Waals surface area contributed by atoms with Crippen LogP contribution >= 0.6 is 0 Å². The molecular formula is C15H25F3O2. The summed E-state index contributed by atoms with van der Waals surface area (Å²) in [5.41, 5.74) is 0. The van der Waals surface area contributed by atoms with Crippen LogP contribution in [0.3, 0.4) is 0 Å². The van der Waals surface area contributed by atoms with Crippen molar-refractivity contribution in [2.75, 3.05) is 13.2 Å². The van der Waals surface area contributed by atoms with Gasteiger partial charge in [0.1, 0.15) is 18.5 Å². The van der Waals surface area contributed by atoms with Crippen molar-refractivity contribution in [3.8, 4) is 0 Å². The van der Waals surface area contributed by atoms with Gasteiger partial charge in [0.25, 0.3) is 0 Å². The lowest BCUT2D eigenvalue weighted by Gasteiger charge is -2.41. The summed E-state index contributed by atoms with van der Waals surface area (Å²) in [6.07, 6.45) is -2.04. The Morgan fingerprint density at radius 3 is 2.40 bits per heavy atom. The highest BCUT2D eigenvalue weighted by atomic mass is 19.2. The highest BCUT2D eigenvalue weighted by molar-refractivity contribution is 4.94. The molecule has 0 aliphatic heterocycles. The Kier molecular flexibility index (Phi) is 5.73. The van der Waals surface area contributed by atoms with Gasteiger partial charge >= 0.3 is 0 Å². The summed E-state index contributed by atoms with van der Waals surface area (Å²) in [7, 11) is 0. The van der Waals surface area contributed by atoms with Crippen molar-refractivity contribution in [1.29, 1.82) is 0 Å². The summed E-state index contributed by atoms with van der Waals surface area (Å²) >= 11 is 0. The van der Waals surface area contributed by atoms with Gasteiger partial charge in [-0.05, 0) is 50.9 Å². The van der Waals surface area contributed by atoms with Gasteiger partial charge in [-0.15, -0.1) is 0 Å². The molecule has 0 saturated heterocycles. The zero-order valence-electron chi connectivity index (χ0n) is 12.0. The van der Waals surface area contributed by atoms with E-state index in [1.54, 1.807) is 0 Å². The number of ether oxygens (including phenoxy) is 1. The number of aliphatic hydroxyl groups excluding tert-OH is 1. The number of rotatable bonds is 4. The number of hydrogen-bond acceptors (Lipinski definition) is 2. The monoisotopic (exact) mass is 294 g/mol. The molecule has 118 valence electrons. The first-order chi connectivity index (χ1) is 9.58. The van der Waals surface area contributed by atoms with Gasteiger partial charge in [-0.25, -0.2) is 13.2 Å². The Hall–Kier alpha value is -0.290. The average molecular weight is 294 g/mol. The van der Waals surface area contributed by atoms with Gasteiger partial charge in [0.15, 0.2) is 0 Å². The molecule has 2 fully saturated rings. The van der Waals surface area contributed by atoms with Crippen LogP contribution in [0.2, 0.25) is 0 Å². The van der Waals surface area contributed by atoms with E-state index in [2.05, 4.69) is 0 Å². The molecule has 0 radical (unpaired) electrons. The first-order valence-corrected chi connectivity index (χ1v) is 7.73.